The maximum Gasteiger partial charge on any atom is 0.339 e. The van der Waals surface area contributed by atoms with Gasteiger partial charge in [0.05, 0.1) is 17.5 Å². The van der Waals surface area contributed by atoms with Crippen molar-refractivity contribution in [3.63, 3.8) is 0 Å². The van der Waals surface area contributed by atoms with Crippen molar-refractivity contribution in [1.82, 2.24) is 4.90 Å². The van der Waals surface area contributed by atoms with Gasteiger partial charge in [-0.25, -0.2) is 9.69 Å². The van der Waals surface area contributed by atoms with E-state index in [1.807, 2.05) is 0 Å². The zero-order chi connectivity index (χ0) is 29.8. The van der Waals surface area contributed by atoms with Crippen LogP contribution in [0.4, 0.5) is 5.69 Å². The normalized spacial score (nSPS) is 32.5. The Labute approximate surface area is 243 Å². The Morgan fingerprint density at radius 3 is 2.29 bits per heavy atom. The second-order valence-corrected chi connectivity index (χ2v) is 12.3. The van der Waals surface area contributed by atoms with Crippen LogP contribution in [0.25, 0.3) is 0 Å². The van der Waals surface area contributed by atoms with Crippen LogP contribution in [0.2, 0.25) is 0 Å². The third-order valence-electron chi connectivity index (χ3n) is 9.04. The molecule has 0 bridgehead atoms. The number of nitrogens with zero attached hydrogens (tertiary/aromatic N) is 2. The van der Waals surface area contributed by atoms with E-state index in [4.69, 9.17) is 23.2 Å². The van der Waals surface area contributed by atoms with Crippen LogP contribution < -0.4 is 4.90 Å². The van der Waals surface area contributed by atoms with Gasteiger partial charge in [0.1, 0.15) is 17.1 Å². The first kappa shape index (κ1) is 27.3. The lowest BCUT2D eigenvalue weighted by Crippen LogP contribution is -2.60. The average molecular weight is 599 g/mol. The van der Waals surface area contributed by atoms with Crippen molar-refractivity contribution < 1.29 is 39.3 Å². The molecule has 2 saturated heterocycles. The van der Waals surface area contributed by atoms with E-state index in [-0.39, 0.29) is 29.8 Å². The van der Waals surface area contributed by atoms with Crippen LogP contribution in [0.5, 0.6) is 11.5 Å². The Balaban J connectivity index is 1.49. The summed E-state index contributed by atoms with van der Waals surface area (Å²) in [5, 5.41) is 29.6. The summed E-state index contributed by atoms with van der Waals surface area (Å²) >= 11 is 14.2. The van der Waals surface area contributed by atoms with Crippen molar-refractivity contribution in [3.8, 4) is 11.5 Å². The zero-order valence-corrected chi connectivity index (χ0v) is 23.3. The van der Waals surface area contributed by atoms with Crippen molar-refractivity contribution in [3.05, 3.63) is 64.7 Å². The van der Waals surface area contributed by atoms with Crippen molar-refractivity contribution in [2.45, 2.75) is 35.4 Å². The fourth-order valence-electron chi connectivity index (χ4n) is 7.07. The third kappa shape index (κ3) is 3.40. The molecule has 0 aromatic heterocycles. The molecule has 3 fully saturated rings. The number of carboxylic acid groups (broad SMARTS) is 1. The predicted octanol–water partition coefficient (Wildman–Crippen LogP) is 3.30. The molecule has 12 heteroatoms. The van der Waals surface area contributed by atoms with E-state index in [1.54, 1.807) is 25.1 Å². The van der Waals surface area contributed by atoms with E-state index in [9.17, 15) is 39.3 Å². The number of alkyl halides is 2. The summed E-state index contributed by atoms with van der Waals surface area (Å²) in [6, 6.07) is 8.15. The number of phenols is 2. The summed E-state index contributed by atoms with van der Waals surface area (Å²) < 4.78 is 0. The molecule has 6 atom stereocenters. The number of likely N-dealkylation sites (tertiary alicyclic amines) is 1. The number of benzene rings is 2. The second-order valence-electron chi connectivity index (χ2n) is 11.1. The number of rotatable bonds is 3. The molecule has 6 rings (SSSR count). The minimum absolute atomic E-state index is 0.0131. The van der Waals surface area contributed by atoms with E-state index in [0.717, 1.165) is 21.9 Å². The summed E-state index contributed by atoms with van der Waals surface area (Å²) in [5.74, 6) is -7.91. The van der Waals surface area contributed by atoms with E-state index in [2.05, 4.69) is 0 Å². The molecular formula is C29H24Cl2N2O8. The number of halogens is 2. The first-order chi connectivity index (χ1) is 19.2. The van der Waals surface area contributed by atoms with E-state index in [0.29, 0.717) is 16.7 Å². The number of carboxylic acids is 1. The van der Waals surface area contributed by atoms with Gasteiger partial charge in [0.2, 0.25) is 11.8 Å². The molecule has 10 nitrogen and oxygen atoms in total. The standard InChI is InChI=1S/C29H24Cl2N2O8/c1-12-9-13(3-8-19(12)34)22-15-6-7-17-21(18(15)11-28(30)26(40)32(2)27(41)29(22,28)31)24(37)33(23(17)36)14-4-5-16(25(38)39)20(35)10-14/h3-6,8-10,17-18,21-22,34-35H,7,11H2,1-2H3,(H,38,39)/t17-,18+,21-,22-,28+,29-/m0/s1. The first-order valence-corrected chi connectivity index (χ1v) is 13.6. The number of hydrogen-bond donors (Lipinski definition) is 3. The number of carbonyl (C=O) groups excluding carboxylic acids is 4. The van der Waals surface area contributed by atoms with Gasteiger partial charge < -0.3 is 15.3 Å². The molecule has 4 amide bonds. The Hall–Kier alpha value is -3.89. The van der Waals surface area contributed by atoms with Crippen molar-refractivity contribution >= 4 is 58.5 Å². The third-order valence-corrected chi connectivity index (χ3v) is 10.5. The Morgan fingerprint density at radius 1 is 0.951 bits per heavy atom. The minimum atomic E-state index is -1.93. The molecule has 3 N–H and O–H groups in total. The Morgan fingerprint density at radius 2 is 1.66 bits per heavy atom. The fraction of sp³-hybridized carbons (Fsp3) is 0.345. The summed E-state index contributed by atoms with van der Waals surface area (Å²) in [6.07, 6.45) is 1.75. The number of fused-ring (bicyclic) bond motifs is 4. The van der Waals surface area contributed by atoms with Crippen molar-refractivity contribution in [2.24, 2.45) is 17.8 Å². The monoisotopic (exact) mass is 598 g/mol. The van der Waals surface area contributed by atoms with Crippen LogP contribution in [0.3, 0.4) is 0 Å². The van der Waals surface area contributed by atoms with Gasteiger partial charge in [-0.15, -0.1) is 23.2 Å². The molecule has 0 spiro atoms. The van der Waals surface area contributed by atoms with Crippen LogP contribution in [-0.2, 0) is 19.2 Å². The summed E-state index contributed by atoms with van der Waals surface area (Å²) in [6.45, 7) is 1.68. The maximum absolute atomic E-state index is 14.0. The molecule has 2 heterocycles. The topological polar surface area (TPSA) is 153 Å². The molecule has 2 aliphatic heterocycles. The van der Waals surface area contributed by atoms with Gasteiger partial charge in [-0.1, -0.05) is 23.8 Å². The number of imide groups is 2. The van der Waals surface area contributed by atoms with E-state index >= 15 is 0 Å². The van der Waals surface area contributed by atoms with Crippen molar-refractivity contribution in [1.29, 1.82) is 0 Å². The molecule has 2 aliphatic carbocycles. The van der Waals surface area contributed by atoms with Gasteiger partial charge in [-0.3, -0.25) is 24.1 Å². The quantitative estimate of drug-likeness (QED) is 0.276. The number of hydrogen-bond acceptors (Lipinski definition) is 7. The fourth-order valence-corrected chi connectivity index (χ4v) is 8.09. The number of amides is 4. The number of aromatic hydroxyl groups is 2. The lowest BCUT2D eigenvalue weighted by molar-refractivity contribution is -0.138. The van der Waals surface area contributed by atoms with E-state index in [1.165, 1.54) is 19.2 Å². The van der Waals surface area contributed by atoms with Gasteiger partial charge in [-0.2, -0.15) is 0 Å². The molecule has 4 aliphatic rings. The molecule has 1 saturated carbocycles. The molecule has 212 valence electrons. The zero-order valence-electron chi connectivity index (χ0n) is 21.8. The molecule has 2 aromatic rings. The minimum Gasteiger partial charge on any atom is -0.508 e. The lowest BCUT2D eigenvalue weighted by atomic mass is 9.56. The average Bonchev–Trinajstić information content (AvgIpc) is 3.25. The molecule has 41 heavy (non-hydrogen) atoms. The summed E-state index contributed by atoms with van der Waals surface area (Å²) in [5.41, 5.74) is 1.26. The number of aryl methyl sites for hydroxylation is 1. The highest BCUT2D eigenvalue weighted by atomic mass is 35.5. The molecule has 2 aromatic carbocycles. The highest BCUT2D eigenvalue weighted by molar-refractivity contribution is 6.53. The molecular weight excluding hydrogens is 575 g/mol. The largest absolute Gasteiger partial charge is 0.508 e. The van der Waals surface area contributed by atoms with Gasteiger partial charge in [0, 0.05) is 19.0 Å². The van der Waals surface area contributed by atoms with Gasteiger partial charge >= 0.3 is 5.97 Å². The number of carbonyl (C=O) groups is 5. The maximum atomic E-state index is 14.0. The molecule has 0 unspecified atom stereocenters. The number of phenolic OH excluding ortho intramolecular Hbond substituents is 1. The van der Waals surface area contributed by atoms with Crippen LogP contribution in [-0.4, -0.2) is 66.6 Å². The first-order valence-electron chi connectivity index (χ1n) is 12.9. The van der Waals surface area contributed by atoms with Gasteiger partial charge in [0.25, 0.3) is 11.8 Å². The Kier molecular flexibility index (Phi) is 5.86. The highest BCUT2D eigenvalue weighted by Gasteiger charge is 2.75. The van der Waals surface area contributed by atoms with Crippen LogP contribution in [0.15, 0.2) is 48.0 Å². The van der Waals surface area contributed by atoms with Gasteiger partial charge in [0.15, 0.2) is 9.75 Å². The SMILES string of the molecule is Cc1cc([C@H]2C3=CC[C@@H]4C(=O)N(c5ccc(C(=O)O)c(O)c5)C(=O)[C@@H]4[C@@H]3C[C@@]3(Cl)C(=O)N(C)C(=O)[C@@]23Cl)ccc1O. The Bertz CT molecular complexity index is 1640. The summed E-state index contributed by atoms with van der Waals surface area (Å²) in [4.78, 5) is 64.0. The van der Waals surface area contributed by atoms with Crippen molar-refractivity contribution in [2.75, 3.05) is 11.9 Å². The number of anilines is 1. The smallest absolute Gasteiger partial charge is 0.339 e. The van der Waals surface area contributed by atoms with Crippen LogP contribution in [0, 0.1) is 24.7 Å². The van der Waals surface area contributed by atoms with Crippen LogP contribution >= 0.6 is 23.2 Å². The highest BCUT2D eigenvalue weighted by Crippen LogP contribution is 2.65. The van der Waals surface area contributed by atoms with Gasteiger partial charge in [-0.05, 0) is 55.0 Å². The number of aromatic carboxylic acids is 1. The van der Waals surface area contributed by atoms with E-state index < -0.39 is 68.8 Å². The van der Waals surface area contributed by atoms with Crippen LogP contribution in [0.1, 0.15) is 40.2 Å². The second kappa shape index (κ2) is 8.80. The molecule has 0 radical (unpaired) electrons. The lowest BCUT2D eigenvalue weighted by Gasteiger charge is -2.50. The predicted molar refractivity (Wildman–Crippen MR) is 146 cm³/mol. The number of allylic oxidation sites excluding steroid dienone is 2. The summed E-state index contributed by atoms with van der Waals surface area (Å²) in [7, 11) is 1.30.